The number of rotatable bonds is 5. The molecule has 1 amide bonds. The Hall–Kier alpha value is -2.60. The standard InChI is InChI=1S/C20H25FN4O/c1-2-15-7-8-16(13-18(15)22)23-20(26)14-24-9-11-25(12-10-24)19-6-4-3-5-17(19)21/h3-8,13H,2,9-12,14,22H2,1H3,(H,23,26). The molecule has 2 aromatic rings. The normalized spacial score (nSPS) is 15.1. The summed E-state index contributed by atoms with van der Waals surface area (Å²) in [5.41, 5.74) is 9.10. The number of aryl methyl sites for hydroxylation is 1. The van der Waals surface area contributed by atoms with Crippen LogP contribution in [0.4, 0.5) is 21.5 Å². The van der Waals surface area contributed by atoms with Crippen molar-refractivity contribution >= 4 is 23.0 Å². The lowest BCUT2D eigenvalue weighted by molar-refractivity contribution is -0.117. The third kappa shape index (κ3) is 4.32. The fourth-order valence-corrected chi connectivity index (χ4v) is 3.25. The number of hydrogen-bond acceptors (Lipinski definition) is 4. The van der Waals surface area contributed by atoms with E-state index in [-0.39, 0.29) is 11.7 Å². The van der Waals surface area contributed by atoms with Gasteiger partial charge in [0.25, 0.3) is 0 Å². The molecule has 1 fully saturated rings. The number of carbonyl (C=O) groups is 1. The number of piperazine rings is 1. The summed E-state index contributed by atoms with van der Waals surface area (Å²) in [7, 11) is 0. The van der Waals surface area contributed by atoms with E-state index in [1.165, 1.54) is 6.07 Å². The Labute approximate surface area is 153 Å². The van der Waals surface area contributed by atoms with Crippen LogP contribution in [-0.2, 0) is 11.2 Å². The predicted octanol–water partition coefficient (Wildman–Crippen LogP) is 2.73. The highest BCUT2D eigenvalue weighted by molar-refractivity contribution is 5.92. The summed E-state index contributed by atoms with van der Waals surface area (Å²) in [5, 5.41) is 2.90. The first-order chi connectivity index (χ1) is 12.6. The third-order valence-electron chi connectivity index (χ3n) is 4.74. The van der Waals surface area contributed by atoms with E-state index in [0.717, 1.165) is 30.8 Å². The quantitative estimate of drug-likeness (QED) is 0.809. The molecule has 0 unspecified atom stereocenters. The number of amides is 1. The summed E-state index contributed by atoms with van der Waals surface area (Å²) in [6, 6.07) is 12.4. The van der Waals surface area contributed by atoms with Crippen LogP contribution in [0.5, 0.6) is 0 Å². The highest BCUT2D eigenvalue weighted by Crippen LogP contribution is 2.21. The maximum atomic E-state index is 13.9. The van der Waals surface area contributed by atoms with E-state index in [2.05, 4.69) is 10.2 Å². The average molecular weight is 356 g/mol. The Kier molecular flexibility index (Phi) is 5.73. The SMILES string of the molecule is CCc1ccc(NC(=O)CN2CCN(c3ccccc3F)CC2)cc1N. The molecule has 0 saturated carbocycles. The Bertz CT molecular complexity index is 772. The number of nitrogens with zero attached hydrogens (tertiary/aromatic N) is 2. The Morgan fingerprint density at radius 1 is 1.15 bits per heavy atom. The third-order valence-corrected chi connectivity index (χ3v) is 4.74. The van der Waals surface area contributed by atoms with Crippen molar-refractivity contribution in [3.63, 3.8) is 0 Å². The maximum absolute atomic E-state index is 13.9. The van der Waals surface area contributed by atoms with Crippen LogP contribution in [-0.4, -0.2) is 43.5 Å². The monoisotopic (exact) mass is 356 g/mol. The zero-order valence-electron chi connectivity index (χ0n) is 15.0. The molecule has 6 heteroatoms. The highest BCUT2D eigenvalue weighted by Gasteiger charge is 2.20. The molecule has 1 saturated heterocycles. The average Bonchev–Trinajstić information content (AvgIpc) is 2.63. The lowest BCUT2D eigenvalue weighted by atomic mass is 10.1. The summed E-state index contributed by atoms with van der Waals surface area (Å²) in [4.78, 5) is 16.4. The second-order valence-corrected chi connectivity index (χ2v) is 6.53. The topological polar surface area (TPSA) is 61.6 Å². The summed E-state index contributed by atoms with van der Waals surface area (Å²) in [5.74, 6) is -0.264. The van der Waals surface area contributed by atoms with E-state index in [4.69, 9.17) is 5.73 Å². The minimum Gasteiger partial charge on any atom is -0.398 e. The van der Waals surface area contributed by atoms with Crippen molar-refractivity contribution in [2.45, 2.75) is 13.3 Å². The number of halogens is 1. The van der Waals surface area contributed by atoms with Gasteiger partial charge in [0.2, 0.25) is 5.91 Å². The zero-order valence-corrected chi connectivity index (χ0v) is 15.0. The van der Waals surface area contributed by atoms with Crippen molar-refractivity contribution in [3.05, 3.63) is 53.8 Å². The van der Waals surface area contributed by atoms with E-state index in [1.54, 1.807) is 18.2 Å². The number of carbonyl (C=O) groups excluding carboxylic acids is 1. The maximum Gasteiger partial charge on any atom is 0.238 e. The van der Waals surface area contributed by atoms with Crippen molar-refractivity contribution in [3.8, 4) is 0 Å². The first kappa shape index (κ1) is 18.2. The second-order valence-electron chi connectivity index (χ2n) is 6.53. The summed E-state index contributed by atoms with van der Waals surface area (Å²) < 4.78 is 13.9. The summed E-state index contributed by atoms with van der Waals surface area (Å²) in [6.07, 6.45) is 0.867. The lowest BCUT2D eigenvalue weighted by Crippen LogP contribution is -2.48. The van der Waals surface area contributed by atoms with E-state index >= 15 is 0 Å². The number of para-hydroxylation sites is 1. The van der Waals surface area contributed by atoms with Crippen LogP contribution in [0.3, 0.4) is 0 Å². The molecule has 0 atom stereocenters. The van der Waals surface area contributed by atoms with Gasteiger partial charge in [-0.1, -0.05) is 25.1 Å². The minimum atomic E-state index is -0.202. The Morgan fingerprint density at radius 2 is 1.88 bits per heavy atom. The first-order valence-electron chi connectivity index (χ1n) is 8.97. The van der Waals surface area contributed by atoms with E-state index in [1.807, 2.05) is 30.0 Å². The molecule has 2 aromatic carbocycles. The van der Waals surface area contributed by atoms with Crippen molar-refractivity contribution in [2.24, 2.45) is 0 Å². The highest BCUT2D eigenvalue weighted by atomic mass is 19.1. The summed E-state index contributed by atoms with van der Waals surface area (Å²) in [6.45, 7) is 5.21. The summed E-state index contributed by atoms with van der Waals surface area (Å²) >= 11 is 0. The van der Waals surface area contributed by atoms with Gasteiger partial charge in [-0.25, -0.2) is 4.39 Å². The van der Waals surface area contributed by atoms with Crippen LogP contribution in [0.15, 0.2) is 42.5 Å². The van der Waals surface area contributed by atoms with Gasteiger partial charge >= 0.3 is 0 Å². The molecule has 0 bridgehead atoms. The number of nitrogens with two attached hydrogens (primary N) is 1. The van der Waals surface area contributed by atoms with Gasteiger partial charge in [-0.2, -0.15) is 0 Å². The molecular weight excluding hydrogens is 331 g/mol. The van der Waals surface area contributed by atoms with Crippen LogP contribution in [0.2, 0.25) is 0 Å². The molecule has 0 spiro atoms. The van der Waals surface area contributed by atoms with Crippen molar-refractivity contribution in [2.75, 3.05) is 48.7 Å². The molecule has 1 heterocycles. The zero-order chi connectivity index (χ0) is 18.5. The van der Waals surface area contributed by atoms with Crippen molar-refractivity contribution < 1.29 is 9.18 Å². The van der Waals surface area contributed by atoms with E-state index in [0.29, 0.717) is 31.0 Å². The largest absolute Gasteiger partial charge is 0.398 e. The molecule has 0 radical (unpaired) electrons. The number of benzene rings is 2. The first-order valence-corrected chi connectivity index (χ1v) is 8.97. The number of hydrogen-bond donors (Lipinski definition) is 2. The van der Waals surface area contributed by atoms with Gasteiger partial charge in [-0.15, -0.1) is 0 Å². The molecule has 3 N–H and O–H groups in total. The van der Waals surface area contributed by atoms with Gasteiger partial charge in [-0.05, 0) is 36.2 Å². The number of nitrogens with one attached hydrogen (secondary N) is 1. The van der Waals surface area contributed by atoms with Gasteiger partial charge < -0.3 is 16.0 Å². The fourth-order valence-electron chi connectivity index (χ4n) is 3.25. The molecule has 0 aromatic heterocycles. The van der Waals surface area contributed by atoms with Gasteiger partial charge in [0.05, 0.1) is 12.2 Å². The van der Waals surface area contributed by atoms with Gasteiger partial charge in [0.15, 0.2) is 0 Å². The Balaban J connectivity index is 1.50. The number of nitrogen functional groups attached to an aromatic ring is 1. The molecule has 26 heavy (non-hydrogen) atoms. The fraction of sp³-hybridized carbons (Fsp3) is 0.350. The van der Waals surface area contributed by atoms with Crippen LogP contribution >= 0.6 is 0 Å². The van der Waals surface area contributed by atoms with Crippen LogP contribution in [0.25, 0.3) is 0 Å². The van der Waals surface area contributed by atoms with Gasteiger partial charge in [-0.3, -0.25) is 9.69 Å². The van der Waals surface area contributed by atoms with Gasteiger partial charge in [0.1, 0.15) is 5.82 Å². The molecule has 5 nitrogen and oxygen atoms in total. The van der Waals surface area contributed by atoms with Crippen molar-refractivity contribution in [1.82, 2.24) is 4.90 Å². The number of anilines is 3. The van der Waals surface area contributed by atoms with Gasteiger partial charge in [0, 0.05) is 37.6 Å². The van der Waals surface area contributed by atoms with Crippen LogP contribution in [0.1, 0.15) is 12.5 Å². The van der Waals surface area contributed by atoms with Crippen LogP contribution in [0, 0.1) is 5.82 Å². The smallest absolute Gasteiger partial charge is 0.238 e. The van der Waals surface area contributed by atoms with Crippen molar-refractivity contribution in [1.29, 1.82) is 0 Å². The van der Waals surface area contributed by atoms with E-state index in [9.17, 15) is 9.18 Å². The molecule has 1 aliphatic heterocycles. The Morgan fingerprint density at radius 3 is 2.54 bits per heavy atom. The molecule has 138 valence electrons. The molecular formula is C20H25FN4O. The van der Waals surface area contributed by atoms with E-state index < -0.39 is 0 Å². The minimum absolute atomic E-state index is 0.0620. The molecule has 0 aliphatic carbocycles. The molecule has 3 rings (SSSR count). The lowest BCUT2D eigenvalue weighted by Gasteiger charge is -2.35. The second kappa shape index (κ2) is 8.19. The predicted molar refractivity (Wildman–Crippen MR) is 104 cm³/mol. The van der Waals surface area contributed by atoms with Crippen LogP contribution < -0.4 is 16.0 Å². The molecule has 1 aliphatic rings.